The van der Waals surface area contributed by atoms with E-state index in [1.54, 1.807) is 82.2 Å². The number of nitrogens with one attached hydrogen (secondary N) is 2. The minimum Gasteiger partial charge on any atom is -0.316 e. The Morgan fingerprint density at radius 2 is 1.18 bits per heavy atom. The van der Waals surface area contributed by atoms with Crippen molar-refractivity contribution in [3.8, 4) is 0 Å². The fraction of sp³-hybridized carbons (Fsp3) is 0.778. The van der Waals surface area contributed by atoms with Crippen LogP contribution in [0.3, 0.4) is 0 Å². The summed E-state index contributed by atoms with van der Waals surface area (Å²) in [5, 5.41) is 11.2. The topological polar surface area (TPSA) is 24.1 Å². The van der Waals surface area contributed by atoms with Gasteiger partial charge in [-0.15, -0.1) is 17.2 Å². The molecule has 2 N–H and O–H groups in total. The Bertz CT molecular complexity index is 1300. The van der Waals surface area contributed by atoms with E-state index in [1.807, 2.05) is 41.5 Å². The molecular formula is C45H70FeN2P2Si. The fourth-order valence-electron chi connectivity index (χ4n) is 14.9. The molecule has 0 spiro atoms. The van der Waals surface area contributed by atoms with E-state index >= 15 is 0 Å². The first-order chi connectivity index (χ1) is 24.1. The minimum atomic E-state index is -1.45. The summed E-state index contributed by atoms with van der Waals surface area (Å²) < 4.78 is 0. The Labute approximate surface area is 327 Å². The van der Waals surface area contributed by atoms with E-state index in [9.17, 15) is 0 Å². The Morgan fingerprint density at radius 3 is 1.51 bits per heavy atom. The molecule has 0 radical (unpaired) electrons. The van der Waals surface area contributed by atoms with E-state index in [2.05, 4.69) is 51.6 Å². The third kappa shape index (κ3) is 7.21. The van der Waals surface area contributed by atoms with Gasteiger partial charge in [0, 0.05) is 0 Å². The van der Waals surface area contributed by atoms with Gasteiger partial charge in [-0.25, -0.2) is 18.2 Å². The van der Waals surface area contributed by atoms with Crippen LogP contribution in [0.4, 0.5) is 0 Å². The average Bonchev–Trinajstić information content (AvgIpc) is 3.81. The molecule has 2 aromatic rings. The Hall–Kier alpha value is 0.216. The second kappa shape index (κ2) is 14.9. The minimum absolute atomic E-state index is 0. The second-order valence-electron chi connectivity index (χ2n) is 20.8. The van der Waals surface area contributed by atoms with Crippen molar-refractivity contribution in [1.29, 1.82) is 0 Å². The third-order valence-corrected chi connectivity index (χ3v) is 23.6. The molecule has 0 amide bonds. The summed E-state index contributed by atoms with van der Waals surface area (Å²) in [6.07, 6.45) is 26.4. The summed E-state index contributed by atoms with van der Waals surface area (Å²) in [7, 11) is 2.21. The van der Waals surface area contributed by atoms with Crippen molar-refractivity contribution < 1.29 is 17.1 Å². The first-order valence-electron chi connectivity index (χ1n) is 21.6. The van der Waals surface area contributed by atoms with E-state index in [4.69, 9.17) is 0 Å². The maximum absolute atomic E-state index is 3.90. The third-order valence-electron chi connectivity index (χ3n) is 16.3. The molecular weight excluding hydrogens is 714 g/mol. The monoisotopic (exact) mass is 784 g/mol. The fourth-order valence-corrected chi connectivity index (χ4v) is 22.1. The smallest absolute Gasteiger partial charge is 0.316 e. The molecule has 12 rings (SSSR count). The number of hydrogen-bond acceptors (Lipinski definition) is 2. The van der Waals surface area contributed by atoms with Crippen LogP contribution in [0, 0.1) is 47.3 Å². The van der Waals surface area contributed by atoms with Crippen molar-refractivity contribution in [2.24, 2.45) is 47.3 Å². The van der Waals surface area contributed by atoms with Gasteiger partial charge in [0.1, 0.15) is 0 Å². The zero-order valence-corrected chi connectivity index (χ0v) is 36.5. The van der Waals surface area contributed by atoms with Crippen LogP contribution in [0.15, 0.2) is 42.5 Å². The predicted octanol–water partition coefficient (Wildman–Crippen LogP) is 10.3. The predicted molar refractivity (Wildman–Crippen MR) is 222 cm³/mol. The van der Waals surface area contributed by atoms with Gasteiger partial charge in [-0.1, -0.05) is 25.8 Å². The Kier molecular flexibility index (Phi) is 11.2. The van der Waals surface area contributed by atoms with Crippen LogP contribution >= 0.6 is 17.2 Å². The molecule has 2 aromatic carbocycles. The SMILES string of the molecule is C[Si](C)(C)c1cc(CP(C23CC4CC(CC(C4)C2)C3)C23CC4CC(CC(C4)C2)C3)c(C(P)(C2CCCNC2)C2CCCNC2)[cH-]1.[Fe+2].c1cc[cH-]c1. The normalized spacial score (nSPS) is 41.3. The van der Waals surface area contributed by atoms with Crippen LogP contribution in [0.5, 0.6) is 0 Å². The van der Waals surface area contributed by atoms with E-state index in [-0.39, 0.29) is 30.1 Å². The first kappa shape index (κ1) is 38.1. The molecule has 8 aliphatic carbocycles. The number of hydrogen-bond donors (Lipinski definition) is 2. The standard InChI is InChI=1S/C40H65N2P2Si.C5H5.Fe/c1-45(2,3)36-16-33(37(17-36)40(43,34-6-4-8-41-24-34)35-7-5-9-42-25-35)26-44(38-18-27-10-28(19-38)12-29(11-27)20-38)39-21-30-13-31(22-39)15-32(14-30)23-39;1-2-4-5-3-1;/h16-17,27-32,34-35,41-42H,4-15,18-26,43H2,1-3H3;1-5H;/q2*-1;+2. The number of rotatable bonds is 8. The molecule has 0 aromatic heterocycles. The molecule has 2 aliphatic heterocycles. The van der Waals surface area contributed by atoms with Crippen LogP contribution in [0.2, 0.25) is 19.6 Å². The number of piperidine rings is 2. The van der Waals surface area contributed by atoms with E-state index in [0.717, 1.165) is 47.3 Å². The second-order valence-corrected chi connectivity index (χ2v) is 29.9. The first-order valence-corrected chi connectivity index (χ1v) is 27.2. The van der Waals surface area contributed by atoms with Gasteiger partial charge in [-0.3, -0.25) is 0 Å². The molecule has 3 unspecified atom stereocenters. The maximum atomic E-state index is 3.90. The maximum Gasteiger partial charge on any atom is 2.00 e. The van der Waals surface area contributed by atoms with Crippen molar-refractivity contribution in [1.82, 2.24) is 10.6 Å². The quantitative estimate of drug-likeness (QED) is 0.158. The van der Waals surface area contributed by atoms with E-state index in [1.165, 1.54) is 58.0 Å². The van der Waals surface area contributed by atoms with Gasteiger partial charge >= 0.3 is 17.1 Å². The van der Waals surface area contributed by atoms with Gasteiger partial charge in [-0.2, -0.15) is 40.6 Å². The van der Waals surface area contributed by atoms with Crippen LogP contribution in [0.1, 0.15) is 114 Å². The Morgan fingerprint density at radius 1 is 0.745 bits per heavy atom. The van der Waals surface area contributed by atoms with Crippen LogP contribution in [0.25, 0.3) is 0 Å². The summed E-state index contributed by atoms with van der Waals surface area (Å²) in [5.74, 6) is 7.94. The van der Waals surface area contributed by atoms with Crippen molar-refractivity contribution in [2.75, 3.05) is 26.2 Å². The molecule has 6 heteroatoms. The van der Waals surface area contributed by atoms with Crippen molar-refractivity contribution in [2.45, 2.75) is 144 Å². The molecule has 8 saturated carbocycles. The van der Waals surface area contributed by atoms with E-state index < -0.39 is 8.07 Å². The van der Waals surface area contributed by atoms with Gasteiger partial charge in [0.25, 0.3) is 0 Å². The van der Waals surface area contributed by atoms with Gasteiger partial charge in [0.05, 0.1) is 8.07 Å². The summed E-state index contributed by atoms with van der Waals surface area (Å²) >= 11 is 0. The van der Waals surface area contributed by atoms with Gasteiger partial charge < -0.3 is 10.6 Å². The molecule has 10 aliphatic rings. The summed E-state index contributed by atoms with van der Waals surface area (Å²) in [5.41, 5.74) is 3.73. The van der Waals surface area contributed by atoms with Gasteiger partial charge in [0.15, 0.2) is 0 Å². The van der Waals surface area contributed by atoms with Gasteiger partial charge in [-0.05, 0) is 192 Å². The molecule has 282 valence electrons. The molecule has 10 fully saturated rings. The van der Waals surface area contributed by atoms with Gasteiger partial charge in [0.2, 0.25) is 0 Å². The molecule has 2 heterocycles. The molecule has 2 saturated heterocycles. The van der Waals surface area contributed by atoms with Crippen LogP contribution in [-0.2, 0) is 28.4 Å². The summed E-state index contributed by atoms with van der Waals surface area (Å²) in [4.78, 5) is 0. The van der Waals surface area contributed by atoms with Crippen molar-refractivity contribution >= 4 is 30.4 Å². The van der Waals surface area contributed by atoms with E-state index in [0.29, 0.717) is 10.3 Å². The van der Waals surface area contributed by atoms with Crippen molar-refractivity contribution in [3.05, 3.63) is 53.6 Å². The zero-order chi connectivity index (χ0) is 34.1. The largest absolute Gasteiger partial charge is 2.00 e. The van der Waals surface area contributed by atoms with Crippen molar-refractivity contribution in [3.63, 3.8) is 0 Å². The summed E-state index contributed by atoms with van der Waals surface area (Å²) in [6, 6.07) is 15.8. The molecule has 3 atom stereocenters. The summed E-state index contributed by atoms with van der Waals surface area (Å²) in [6.45, 7) is 12.8. The average molecular weight is 785 g/mol. The van der Waals surface area contributed by atoms with Crippen LogP contribution < -0.4 is 15.8 Å². The molecule has 51 heavy (non-hydrogen) atoms. The zero-order valence-electron chi connectivity index (χ0n) is 32.4. The molecule has 2 nitrogen and oxygen atoms in total. The Balaban J connectivity index is 0.000000576. The molecule has 8 bridgehead atoms. The van der Waals surface area contributed by atoms with Crippen LogP contribution in [-0.4, -0.2) is 44.6 Å².